The van der Waals surface area contributed by atoms with E-state index >= 15 is 0 Å². The van der Waals surface area contributed by atoms with Crippen molar-refractivity contribution in [3.63, 3.8) is 0 Å². The maximum Gasteiger partial charge on any atom is 0.272 e. The zero-order valence-corrected chi connectivity index (χ0v) is 16.2. The third-order valence-electron chi connectivity index (χ3n) is 4.01. The number of carbonyl (C=O) groups excluding carboxylic acids is 1. The number of rotatable bonds is 5. The average molecular weight is 403 g/mol. The number of thioether (sulfide) groups is 1. The summed E-state index contributed by atoms with van der Waals surface area (Å²) in [6.07, 6.45) is 0. The molecule has 140 valence electrons. The van der Waals surface area contributed by atoms with Gasteiger partial charge in [-0.1, -0.05) is 11.8 Å². The molecule has 0 aliphatic carbocycles. The number of nitrogens with one attached hydrogen (secondary N) is 1. The molecule has 1 aromatic carbocycles. The second-order valence-corrected chi connectivity index (χ2v) is 7.63. The summed E-state index contributed by atoms with van der Waals surface area (Å²) in [6, 6.07) is 7.11. The summed E-state index contributed by atoms with van der Waals surface area (Å²) >= 11 is 2.63. The lowest BCUT2D eigenvalue weighted by Gasteiger charge is -2.19. The fraction of sp³-hybridized carbons (Fsp3) is 0.278. The summed E-state index contributed by atoms with van der Waals surface area (Å²) in [4.78, 5) is 29.4. The van der Waals surface area contributed by atoms with Gasteiger partial charge < -0.3 is 14.8 Å². The number of carbonyl (C=O) groups is 1. The van der Waals surface area contributed by atoms with Crippen molar-refractivity contribution >= 4 is 44.9 Å². The van der Waals surface area contributed by atoms with Crippen LogP contribution in [0.3, 0.4) is 0 Å². The summed E-state index contributed by atoms with van der Waals surface area (Å²) in [7, 11) is 0. The van der Waals surface area contributed by atoms with Gasteiger partial charge in [0.25, 0.3) is 5.56 Å². The lowest BCUT2D eigenvalue weighted by atomic mass is 10.2. The Morgan fingerprint density at radius 1 is 1.30 bits per heavy atom. The fourth-order valence-corrected chi connectivity index (χ4v) is 4.40. The average Bonchev–Trinajstić information content (AvgIpc) is 3.15. The highest BCUT2D eigenvalue weighted by Crippen LogP contribution is 2.32. The number of thiophene rings is 1. The third kappa shape index (κ3) is 3.65. The van der Waals surface area contributed by atoms with Crippen molar-refractivity contribution in [1.82, 2.24) is 9.55 Å². The molecule has 2 aromatic heterocycles. The number of anilines is 1. The lowest BCUT2D eigenvalue weighted by molar-refractivity contribution is -0.113. The van der Waals surface area contributed by atoms with Crippen molar-refractivity contribution in [2.45, 2.75) is 18.6 Å². The number of aromatic nitrogens is 2. The molecule has 1 aliphatic rings. The van der Waals surface area contributed by atoms with Crippen LogP contribution in [-0.2, 0) is 11.3 Å². The molecular formula is C18H17N3O4S2. The quantitative estimate of drug-likeness (QED) is 0.521. The maximum absolute atomic E-state index is 12.5. The molecule has 1 aliphatic heterocycles. The number of hydrogen-bond donors (Lipinski definition) is 1. The molecule has 0 spiro atoms. The van der Waals surface area contributed by atoms with Gasteiger partial charge in [-0.25, -0.2) is 4.98 Å². The van der Waals surface area contributed by atoms with Crippen molar-refractivity contribution in [2.24, 2.45) is 0 Å². The zero-order valence-electron chi connectivity index (χ0n) is 14.6. The first-order chi connectivity index (χ1) is 13.2. The monoisotopic (exact) mass is 403 g/mol. The van der Waals surface area contributed by atoms with Crippen LogP contribution in [0.1, 0.15) is 6.92 Å². The molecule has 1 N–H and O–H groups in total. The van der Waals surface area contributed by atoms with Gasteiger partial charge in [0.15, 0.2) is 16.7 Å². The van der Waals surface area contributed by atoms with Gasteiger partial charge in [0.05, 0.1) is 11.3 Å². The van der Waals surface area contributed by atoms with Gasteiger partial charge in [-0.3, -0.25) is 14.2 Å². The Morgan fingerprint density at radius 3 is 2.93 bits per heavy atom. The highest BCUT2D eigenvalue weighted by molar-refractivity contribution is 7.99. The molecule has 1 amide bonds. The summed E-state index contributed by atoms with van der Waals surface area (Å²) < 4.78 is 13.2. The molecule has 0 fully saturated rings. The number of nitrogens with zero attached hydrogens (tertiary/aromatic N) is 2. The summed E-state index contributed by atoms with van der Waals surface area (Å²) in [5.41, 5.74) is 1.25. The number of hydrogen-bond acceptors (Lipinski definition) is 7. The minimum atomic E-state index is -0.181. The Bertz CT molecular complexity index is 1060. The fourth-order valence-electron chi connectivity index (χ4n) is 2.76. The van der Waals surface area contributed by atoms with Crippen LogP contribution in [0.5, 0.6) is 11.5 Å². The van der Waals surface area contributed by atoms with Gasteiger partial charge in [-0.2, -0.15) is 0 Å². The molecule has 7 nitrogen and oxygen atoms in total. The van der Waals surface area contributed by atoms with Crippen molar-refractivity contribution in [3.8, 4) is 11.5 Å². The Hall–Kier alpha value is -2.52. The molecule has 27 heavy (non-hydrogen) atoms. The summed E-state index contributed by atoms with van der Waals surface area (Å²) in [6.45, 7) is 3.41. The second kappa shape index (κ2) is 7.61. The zero-order chi connectivity index (χ0) is 18.8. The smallest absolute Gasteiger partial charge is 0.272 e. The Morgan fingerprint density at radius 2 is 2.11 bits per heavy atom. The Labute approximate surface area is 163 Å². The first-order valence-corrected chi connectivity index (χ1v) is 10.3. The molecule has 0 atom stereocenters. The van der Waals surface area contributed by atoms with Gasteiger partial charge in [0, 0.05) is 18.3 Å². The van der Waals surface area contributed by atoms with Crippen LogP contribution in [-0.4, -0.2) is 34.4 Å². The molecule has 0 saturated carbocycles. The van der Waals surface area contributed by atoms with E-state index in [0.717, 1.165) is 0 Å². The molecule has 0 saturated heterocycles. The third-order valence-corrected chi connectivity index (χ3v) is 5.87. The minimum absolute atomic E-state index is 0.0627. The van der Waals surface area contributed by atoms with E-state index in [-0.39, 0.29) is 17.2 Å². The summed E-state index contributed by atoms with van der Waals surface area (Å²) in [5.74, 6) is 1.26. The van der Waals surface area contributed by atoms with Crippen LogP contribution in [0.15, 0.2) is 39.6 Å². The van der Waals surface area contributed by atoms with Crippen molar-refractivity contribution in [1.29, 1.82) is 0 Å². The molecule has 0 unspecified atom stereocenters. The van der Waals surface area contributed by atoms with Crippen LogP contribution in [0.25, 0.3) is 10.2 Å². The van der Waals surface area contributed by atoms with Gasteiger partial charge in [-0.05, 0) is 30.5 Å². The van der Waals surface area contributed by atoms with Crippen molar-refractivity contribution in [2.75, 3.05) is 24.3 Å². The van der Waals surface area contributed by atoms with Crippen LogP contribution in [0.4, 0.5) is 5.69 Å². The van der Waals surface area contributed by atoms with E-state index in [1.807, 2.05) is 18.4 Å². The number of benzene rings is 1. The second-order valence-electron chi connectivity index (χ2n) is 5.77. The maximum atomic E-state index is 12.5. The molecule has 9 heteroatoms. The normalized spacial score (nSPS) is 12.9. The van der Waals surface area contributed by atoms with E-state index in [2.05, 4.69) is 10.3 Å². The summed E-state index contributed by atoms with van der Waals surface area (Å²) in [5, 5.41) is 5.23. The Kier molecular flexibility index (Phi) is 5.04. The topological polar surface area (TPSA) is 82.5 Å². The van der Waals surface area contributed by atoms with Crippen LogP contribution in [0, 0.1) is 0 Å². The molecule has 0 radical (unpaired) electrons. The first kappa shape index (κ1) is 17.9. The predicted molar refractivity (Wildman–Crippen MR) is 106 cm³/mol. The SMILES string of the molecule is CCn1c(SCC(=O)Nc2ccc3c(c2)OCCO3)nc2ccsc2c1=O. The molecule has 3 heterocycles. The minimum Gasteiger partial charge on any atom is -0.486 e. The van der Waals surface area contributed by atoms with Crippen LogP contribution in [0.2, 0.25) is 0 Å². The largest absolute Gasteiger partial charge is 0.486 e. The van der Waals surface area contributed by atoms with Crippen molar-refractivity contribution in [3.05, 3.63) is 40.0 Å². The molecule has 0 bridgehead atoms. The van der Waals surface area contributed by atoms with E-state index in [1.54, 1.807) is 22.8 Å². The first-order valence-electron chi connectivity index (χ1n) is 8.46. The van der Waals surface area contributed by atoms with Gasteiger partial charge in [-0.15, -0.1) is 11.3 Å². The number of fused-ring (bicyclic) bond motifs is 2. The lowest BCUT2D eigenvalue weighted by Crippen LogP contribution is -2.22. The number of ether oxygens (including phenoxy) is 2. The molecular weight excluding hydrogens is 386 g/mol. The highest BCUT2D eigenvalue weighted by Gasteiger charge is 2.15. The van der Waals surface area contributed by atoms with E-state index < -0.39 is 0 Å². The highest BCUT2D eigenvalue weighted by atomic mass is 32.2. The van der Waals surface area contributed by atoms with Gasteiger partial charge in [0.2, 0.25) is 5.91 Å². The molecule has 3 aromatic rings. The molecule has 4 rings (SSSR count). The van der Waals surface area contributed by atoms with E-state index in [4.69, 9.17) is 9.47 Å². The van der Waals surface area contributed by atoms with E-state index in [1.165, 1.54) is 23.1 Å². The van der Waals surface area contributed by atoms with Crippen molar-refractivity contribution < 1.29 is 14.3 Å². The standard InChI is InChI=1S/C18H17N3O4S2/c1-2-21-17(23)16-12(5-8-26-16)20-18(21)27-10-15(22)19-11-3-4-13-14(9-11)25-7-6-24-13/h3-5,8-9H,2,6-7,10H2,1H3,(H,19,22). The predicted octanol–water partition coefficient (Wildman–Crippen LogP) is 2.98. The van der Waals surface area contributed by atoms with E-state index in [9.17, 15) is 9.59 Å². The Balaban J connectivity index is 1.46. The number of amides is 1. The van der Waals surface area contributed by atoms with Gasteiger partial charge >= 0.3 is 0 Å². The van der Waals surface area contributed by atoms with Crippen LogP contribution >= 0.6 is 23.1 Å². The van der Waals surface area contributed by atoms with Gasteiger partial charge in [0.1, 0.15) is 17.9 Å². The van der Waals surface area contributed by atoms with Crippen LogP contribution < -0.4 is 20.3 Å². The van der Waals surface area contributed by atoms with E-state index in [0.29, 0.717) is 52.3 Å².